The first-order chi connectivity index (χ1) is 18.1. The summed E-state index contributed by atoms with van der Waals surface area (Å²) in [6, 6.07) is 16.7. The summed E-state index contributed by atoms with van der Waals surface area (Å²) < 4.78 is 0. The Labute approximate surface area is 214 Å². The number of rotatable bonds is 3. The fourth-order valence-corrected chi connectivity index (χ4v) is 6.00. The summed E-state index contributed by atoms with van der Waals surface area (Å²) >= 11 is 0. The number of piperidine rings is 1. The monoisotopic (exact) mass is 489 g/mol. The number of hydrogen-bond donors (Lipinski definition) is 1. The summed E-state index contributed by atoms with van der Waals surface area (Å²) in [4.78, 5) is 27.7. The quantitative estimate of drug-likeness (QED) is 0.417. The molecule has 0 saturated carbocycles. The van der Waals surface area contributed by atoms with Gasteiger partial charge in [-0.25, -0.2) is 9.97 Å². The molecule has 1 spiro atoms. The van der Waals surface area contributed by atoms with Gasteiger partial charge in [0.2, 0.25) is 5.91 Å². The van der Waals surface area contributed by atoms with Crippen molar-refractivity contribution in [1.82, 2.24) is 19.9 Å². The van der Waals surface area contributed by atoms with Gasteiger partial charge in [-0.3, -0.25) is 9.78 Å². The Balaban J connectivity index is 1.14. The fourth-order valence-electron chi connectivity index (χ4n) is 6.00. The molecule has 4 aromatic rings. The van der Waals surface area contributed by atoms with Crippen molar-refractivity contribution >= 4 is 28.2 Å². The van der Waals surface area contributed by atoms with Crippen molar-refractivity contribution in [2.24, 2.45) is 10.2 Å². The van der Waals surface area contributed by atoms with Gasteiger partial charge in [0.1, 0.15) is 11.7 Å². The van der Waals surface area contributed by atoms with Gasteiger partial charge in [0.15, 0.2) is 5.82 Å². The third-order valence-electron chi connectivity index (χ3n) is 8.15. The zero-order chi connectivity index (χ0) is 25.0. The van der Waals surface area contributed by atoms with E-state index in [1.165, 1.54) is 11.1 Å². The van der Waals surface area contributed by atoms with Crippen LogP contribution in [0.4, 0.5) is 11.4 Å². The van der Waals surface area contributed by atoms with E-state index in [9.17, 15) is 4.79 Å². The lowest BCUT2D eigenvalue weighted by Crippen LogP contribution is -2.45. The number of fused-ring (bicyclic) bond motifs is 4. The standard InChI is InChI=1S/C29H27N7O/c1-18(37)36-11-8-29(9-12-36)17-32-24-15-21(5-6-22(24)29)28-31-16-26-27(33-28)25(34-35-26)14-19-4-7-23-20(13-19)3-2-10-30-23/h2-7,10,13,15-16,25,32H,8-9,11-12,14,17H2,1H3. The number of anilines is 1. The lowest BCUT2D eigenvalue weighted by atomic mass is 9.74. The summed E-state index contributed by atoms with van der Waals surface area (Å²) in [6.45, 7) is 4.19. The van der Waals surface area contributed by atoms with Gasteiger partial charge in [0, 0.05) is 61.2 Å². The van der Waals surface area contributed by atoms with Crippen LogP contribution in [0.1, 0.15) is 42.6 Å². The van der Waals surface area contributed by atoms with Crippen molar-refractivity contribution in [1.29, 1.82) is 0 Å². The maximum Gasteiger partial charge on any atom is 0.219 e. The Hall–Kier alpha value is -4.20. The number of aromatic nitrogens is 3. The zero-order valence-corrected chi connectivity index (χ0v) is 20.7. The molecule has 7 rings (SSSR count). The number of nitrogens with one attached hydrogen (secondary N) is 1. The molecule has 0 bridgehead atoms. The van der Waals surface area contributed by atoms with Crippen molar-refractivity contribution < 1.29 is 4.79 Å². The van der Waals surface area contributed by atoms with Crippen molar-refractivity contribution in [3.63, 3.8) is 0 Å². The number of azo groups is 1. The minimum absolute atomic E-state index is 0.0941. The molecular formula is C29H27N7O. The van der Waals surface area contributed by atoms with E-state index < -0.39 is 0 Å². The Kier molecular flexibility index (Phi) is 5.02. The average molecular weight is 490 g/mol. The average Bonchev–Trinajstić information content (AvgIpc) is 3.49. The van der Waals surface area contributed by atoms with Crippen molar-refractivity contribution in [2.45, 2.75) is 37.6 Å². The van der Waals surface area contributed by atoms with Crippen LogP contribution in [-0.4, -0.2) is 45.4 Å². The van der Waals surface area contributed by atoms with Gasteiger partial charge in [-0.15, -0.1) is 0 Å². The lowest BCUT2D eigenvalue weighted by molar-refractivity contribution is -0.130. The second-order valence-electron chi connectivity index (χ2n) is 10.3. The zero-order valence-electron chi connectivity index (χ0n) is 20.7. The van der Waals surface area contributed by atoms with E-state index in [-0.39, 0.29) is 17.4 Å². The number of likely N-dealkylation sites (tertiary alicyclic amines) is 1. The van der Waals surface area contributed by atoms with Gasteiger partial charge in [0.25, 0.3) is 0 Å². The van der Waals surface area contributed by atoms with Gasteiger partial charge >= 0.3 is 0 Å². The fraction of sp³-hybridized carbons (Fsp3) is 0.310. The number of amides is 1. The molecule has 0 radical (unpaired) electrons. The molecule has 3 aliphatic heterocycles. The van der Waals surface area contributed by atoms with Gasteiger partial charge < -0.3 is 10.2 Å². The van der Waals surface area contributed by atoms with Crippen molar-refractivity contribution in [3.8, 4) is 11.4 Å². The van der Waals surface area contributed by atoms with Crippen LogP contribution in [0.3, 0.4) is 0 Å². The highest BCUT2D eigenvalue weighted by Crippen LogP contribution is 2.45. The van der Waals surface area contributed by atoms with E-state index in [2.05, 4.69) is 68.0 Å². The molecule has 1 fully saturated rings. The summed E-state index contributed by atoms with van der Waals surface area (Å²) in [7, 11) is 0. The molecule has 8 heteroatoms. The van der Waals surface area contributed by atoms with Crippen LogP contribution in [0.2, 0.25) is 0 Å². The molecule has 2 aromatic heterocycles. The largest absolute Gasteiger partial charge is 0.384 e. The smallest absolute Gasteiger partial charge is 0.219 e. The van der Waals surface area contributed by atoms with Crippen molar-refractivity contribution in [2.75, 3.05) is 25.0 Å². The Morgan fingerprint density at radius 2 is 2.00 bits per heavy atom. The Bertz CT molecular complexity index is 1570. The molecule has 3 aliphatic rings. The van der Waals surface area contributed by atoms with Gasteiger partial charge in [0.05, 0.1) is 17.4 Å². The summed E-state index contributed by atoms with van der Waals surface area (Å²) in [6.07, 6.45) is 6.29. The maximum absolute atomic E-state index is 11.8. The van der Waals surface area contributed by atoms with Gasteiger partial charge in [-0.2, -0.15) is 10.2 Å². The summed E-state index contributed by atoms with van der Waals surface area (Å²) in [5.74, 6) is 0.857. The molecule has 184 valence electrons. The van der Waals surface area contributed by atoms with Gasteiger partial charge in [-0.05, 0) is 48.2 Å². The molecule has 1 atom stereocenters. The highest BCUT2D eigenvalue weighted by Gasteiger charge is 2.42. The topological polar surface area (TPSA) is 95.7 Å². The van der Waals surface area contributed by atoms with Crippen LogP contribution in [0.25, 0.3) is 22.3 Å². The third-order valence-corrected chi connectivity index (χ3v) is 8.15. The number of benzene rings is 2. The first-order valence-electron chi connectivity index (χ1n) is 12.8. The second kappa shape index (κ2) is 8.44. The molecular weight excluding hydrogens is 462 g/mol. The molecule has 8 nitrogen and oxygen atoms in total. The number of pyridine rings is 1. The minimum atomic E-state index is -0.131. The molecule has 1 amide bonds. The summed E-state index contributed by atoms with van der Waals surface area (Å²) in [5, 5.41) is 13.6. The number of carbonyl (C=O) groups excluding carboxylic acids is 1. The molecule has 37 heavy (non-hydrogen) atoms. The van der Waals surface area contributed by atoms with Crippen molar-refractivity contribution in [3.05, 3.63) is 77.7 Å². The van der Waals surface area contributed by atoms with Crippen LogP contribution in [0.15, 0.2) is 71.2 Å². The summed E-state index contributed by atoms with van der Waals surface area (Å²) in [5.41, 5.74) is 7.35. The number of hydrogen-bond acceptors (Lipinski definition) is 7. The van der Waals surface area contributed by atoms with E-state index in [1.807, 2.05) is 17.2 Å². The first-order valence-corrected chi connectivity index (χ1v) is 12.8. The minimum Gasteiger partial charge on any atom is -0.384 e. The van der Waals surface area contributed by atoms with Crippen LogP contribution in [-0.2, 0) is 16.6 Å². The molecule has 0 aliphatic carbocycles. The second-order valence-corrected chi connectivity index (χ2v) is 10.3. The third kappa shape index (κ3) is 3.75. The van der Waals surface area contributed by atoms with Crippen LogP contribution >= 0.6 is 0 Å². The highest BCUT2D eigenvalue weighted by atomic mass is 16.2. The predicted octanol–water partition coefficient (Wildman–Crippen LogP) is 5.38. The normalized spacial score (nSPS) is 19.2. The Morgan fingerprint density at radius 1 is 1.11 bits per heavy atom. The number of carbonyl (C=O) groups is 1. The molecule has 2 aromatic carbocycles. The molecule has 1 N–H and O–H groups in total. The first kappa shape index (κ1) is 22.0. The van der Waals surface area contributed by atoms with Crippen LogP contribution in [0, 0.1) is 0 Å². The SMILES string of the molecule is CC(=O)N1CCC2(CC1)CNc1cc(-c3ncc4c(n3)C(Cc3ccc5ncccc5c3)N=N4)ccc12. The van der Waals surface area contributed by atoms with E-state index in [0.717, 1.165) is 72.4 Å². The van der Waals surface area contributed by atoms with E-state index in [0.29, 0.717) is 5.82 Å². The van der Waals surface area contributed by atoms with Gasteiger partial charge in [-0.1, -0.05) is 24.3 Å². The molecule has 5 heterocycles. The van der Waals surface area contributed by atoms with Crippen LogP contribution in [0.5, 0.6) is 0 Å². The molecule has 1 saturated heterocycles. The van der Waals surface area contributed by atoms with E-state index in [1.54, 1.807) is 13.1 Å². The predicted molar refractivity (Wildman–Crippen MR) is 142 cm³/mol. The van der Waals surface area contributed by atoms with Crippen LogP contribution < -0.4 is 5.32 Å². The number of nitrogens with zero attached hydrogens (tertiary/aromatic N) is 6. The highest BCUT2D eigenvalue weighted by molar-refractivity contribution is 5.79. The Morgan fingerprint density at radius 3 is 2.86 bits per heavy atom. The van der Waals surface area contributed by atoms with E-state index in [4.69, 9.17) is 4.98 Å². The maximum atomic E-state index is 11.8. The van der Waals surface area contributed by atoms with E-state index >= 15 is 0 Å². The lowest BCUT2D eigenvalue weighted by Gasteiger charge is -2.39. The molecule has 1 unspecified atom stereocenters.